The van der Waals surface area contributed by atoms with Crippen LogP contribution in [0.5, 0.6) is 0 Å². The van der Waals surface area contributed by atoms with E-state index in [1.165, 1.54) is 0 Å². The third-order valence-corrected chi connectivity index (χ3v) is 10.8. The highest BCUT2D eigenvalue weighted by molar-refractivity contribution is 6.20. The zero-order valence-electron chi connectivity index (χ0n) is 34.7. The van der Waals surface area contributed by atoms with Crippen LogP contribution in [0.3, 0.4) is 0 Å². The fourth-order valence-corrected chi connectivity index (χ4v) is 7.68. The Morgan fingerprint density at radius 3 is 2.32 bits per heavy atom. The molecule has 56 heavy (non-hydrogen) atoms. The maximum atomic E-state index is 14.0. The van der Waals surface area contributed by atoms with Crippen LogP contribution in [-0.2, 0) is 30.9 Å². The van der Waals surface area contributed by atoms with Crippen LogP contribution in [0.4, 0.5) is 10.5 Å². The van der Waals surface area contributed by atoms with Crippen LogP contribution in [0, 0.1) is 16.7 Å². The number of hydrogen-bond donors (Lipinski definition) is 3. The maximum absolute atomic E-state index is 14.0. The molecular weight excluding hydrogens is 709 g/mol. The SMILES string of the molecule is CCc1cc2c(cc1N1CCN(C(=O)CCCCOCCCNC(=O)[C@@H](NC(=O)OC(C)(C)C)C(C)(C)C)CC1)C(C)(C)c1[nH]c3cc(C#N)ccc3c1C2=O. The first kappa shape index (κ1) is 42.3. The van der Waals surface area contributed by atoms with Gasteiger partial charge < -0.3 is 34.9 Å². The molecule has 2 aromatic carbocycles. The van der Waals surface area contributed by atoms with Crippen molar-refractivity contribution in [3.05, 3.63) is 63.8 Å². The molecule has 1 aromatic heterocycles. The van der Waals surface area contributed by atoms with E-state index in [1.807, 2.05) is 37.8 Å². The van der Waals surface area contributed by atoms with Gasteiger partial charge in [-0.2, -0.15) is 5.26 Å². The van der Waals surface area contributed by atoms with E-state index in [-0.39, 0.29) is 17.6 Å². The van der Waals surface area contributed by atoms with Gasteiger partial charge in [0.1, 0.15) is 11.6 Å². The van der Waals surface area contributed by atoms with E-state index >= 15 is 0 Å². The first-order valence-electron chi connectivity index (χ1n) is 20.0. The van der Waals surface area contributed by atoms with Crippen molar-refractivity contribution in [2.75, 3.05) is 50.8 Å². The Morgan fingerprint density at radius 2 is 1.68 bits per heavy atom. The Morgan fingerprint density at radius 1 is 0.982 bits per heavy atom. The molecule has 3 N–H and O–H groups in total. The first-order chi connectivity index (χ1) is 26.3. The highest BCUT2D eigenvalue weighted by Crippen LogP contribution is 2.46. The predicted octanol–water partition coefficient (Wildman–Crippen LogP) is 6.75. The van der Waals surface area contributed by atoms with E-state index in [4.69, 9.17) is 9.47 Å². The lowest BCUT2D eigenvalue weighted by molar-refractivity contribution is -0.131. The minimum Gasteiger partial charge on any atom is -0.444 e. The zero-order valence-corrected chi connectivity index (χ0v) is 34.7. The summed E-state index contributed by atoms with van der Waals surface area (Å²) in [5.74, 6) is -0.102. The van der Waals surface area contributed by atoms with Crippen molar-refractivity contribution in [1.82, 2.24) is 20.5 Å². The van der Waals surface area contributed by atoms with Crippen molar-refractivity contribution in [2.24, 2.45) is 5.41 Å². The van der Waals surface area contributed by atoms with Crippen LogP contribution in [0.2, 0.25) is 0 Å². The Kier molecular flexibility index (Phi) is 12.9. The second-order valence-corrected chi connectivity index (χ2v) is 17.6. The Labute approximate surface area is 331 Å². The fourth-order valence-electron chi connectivity index (χ4n) is 7.68. The van der Waals surface area contributed by atoms with Gasteiger partial charge in [0.15, 0.2) is 5.78 Å². The molecule has 0 saturated carbocycles. The van der Waals surface area contributed by atoms with Gasteiger partial charge in [0.2, 0.25) is 11.8 Å². The molecule has 12 nitrogen and oxygen atoms in total. The molecule has 0 bridgehead atoms. The summed E-state index contributed by atoms with van der Waals surface area (Å²) in [6, 6.07) is 11.2. The number of H-pyrrole nitrogens is 1. The molecule has 0 unspecified atom stereocenters. The minimum absolute atomic E-state index is 0.0108. The van der Waals surface area contributed by atoms with Gasteiger partial charge in [-0.3, -0.25) is 14.4 Å². The number of alkyl carbamates (subject to hydrolysis) is 1. The molecular formula is C44H60N6O6. The van der Waals surface area contributed by atoms with Crippen LogP contribution >= 0.6 is 0 Å². The normalized spacial score (nSPS) is 15.8. The van der Waals surface area contributed by atoms with Gasteiger partial charge in [-0.1, -0.05) is 47.6 Å². The van der Waals surface area contributed by atoms with Crippen molar-refractivity contribution in [1.29, 1.82) is 5.26 Å². The zero-order chi connectivity index (χ0) is 41.0. The van der Waals surface area contributed by atoms with Crippen LogP contribution in [0.25, 0.3) is 10.9 Å². The van der Waals surface area contributed by atoms with E-state index < -0.39 is 28.6 Å². The van der Waals surface area contributed by atoms with Crippen molar-refractivity contribution < 1.29 is 28.7 Å². The number of rotatable bonds is 13. The molecule has 0 spiro atoms. The Hall–Kier alpha value is -4.89. The van der Waals surface area contributed by atoms with Gasteiger partial charge in [-0.25, -0.2) is 4.79 Å². The molecule has 3 amide bonds. The van der Waals surface area contributed by atoms with Gasteiger partial charge >= 0.3 is 6.09 Å². The number of anilines is 1. The highest BCUT2D eigenvalue weighted by Gasteiger charge is 2.41. The molecule has 1 atom stereocenters. The van der Waals surface area contributed by atoms with E-state index in [2.05, 4.69) is 59.5 Å². The van der Waals surface area contributed by atoms with Crippen LogP contribution in [0.15, 0.2) is 30.3 Å². The molecule has 2 aliphatic rings. The number of hydrogen-bond acceptors (Lipinski definition) is 8. The topological polar surface area (TPSA) is 157 Å². The van der Waals surface area contributed by atoms with E-state index in [0.29, 0.717) is 69.9 Å². The quantitative estimate of drug-likeness (QED) is 0.161. The van der Waals surface area contributed by atoms with E-state index in [1.54, 1.807) is 26.8 Å². The lowest BCUT2D eigenvalue weighted by Gasteiger charge is -2.39. The standard InChI is InChI=1S/C44H60N6O6/c1-10-29-25-31-32(44(8,9)38-36(37(31)52)30-16-15-28(27-45)24-33(30)47-38)26-34(29)49-18-20-50(21-19-49)35(51)14-11-12-22-55-23-13-17-46-40(53)39(42(2,3)4)48-41(54)56-43(5,6)7/h15-16,24-26,39,47H,10-14,17-23H2,1-9H3,(H,46,53)(H,48,54)/t39-/m1/s1. The second kappa shape index (κ2) is 17.1. The molecule has 1 fully saturated rings. The Bertz CT molecular complexity index is 1990. The smallest absolute Gasteiger partial charge is 0.408 e. The lowest BCUT2D eigenvalue weighted by atomic mass is 9.70. The molecule has 2 heterocycles. The number of unbranched alkanes of at least 4 members (excludes halogenated alkanes) is 1. The average Bonchev–Trinajstić information content (AvgIpc) is 3.54. The number of aryl methyl sites for hydroxylation is 1. The molecule has 12 heteroatoms. The highest BCUT2D eigenvalue weighted by atomic mass is 16.6. The van der Waals surface area contributed by atoms with Crippen molar-refractivity contribution in [3.8, 4) is 6.07 Å². The van der Waals surface area contributed by atoms with Crippen molar-refractivity contribution >= 4 is 40.3 Å². The van der Waals surface area contributed by atoms with Crippen molar-refractivity contribution in [2.45, 2.75) is 111 Å². The molecule has 5 rings (SSSR count). The molecule has 0 radical (unpaired) electrons. The van der Waals surface area contributed by atoms with Gasteiger partial charge in [-0.15, -0.1) is 0 Å². The predicted molar refractivity (Wildman–Crippen MR) is 218 cm³/mol. The number of piperazine rings is 1. The van der Waals surface area contributed by atoms with E-state index in [0.717, 1.165) is 58.2 Å². The number of benzene rings is 2. The summed E-state index contributed by atoms with van der Waals surface area (Å²) in [5.41, 5.74) is 5.26. The fraction of sp³-hybridized carbons (Fsp3) is 0.568. The third kappa shape index (κ3) is 9.55. The number of fused-ring (bicyclic) bond motifs is 4. The molecule has 1 aliphatic carbocycles. The van der Waals surface area contributed by atoms with Crippen LogP contribution in [0.1, 0.15) is 126 Å². The molecule has 302 valence electrons. The Balaban J connectivity index is 1.05. The van der Waals surface area contributed by atoms with Crippen molar-refractivity contribution in [3.63, 3.8) is 0 Å². The largest absolute Gasteiger partial charge is 0.444 e. The second-order valence-electron chi connectivity index (χ2n) is 17.6. The minimum atomic E-state index is -0.743. The summed E-state index contributed by atoms with van der Waals surface area (Å²) >= 11 is 0. The lowest BCUT2D eigenvalue weighted by Crippen LogP contribution is -2.54. The van der Waals surface area contributed by atoms with E-state index in [9.17, 15) is 24.4 Å². The molecule has 3 aromatic rings. The van der Waals surface area contributed by atoms with Gasteiger partial charge in [0.25, 0.3) is 0 Å². The molecule has 1 aliphatic heterocycles. The van der Waals surface area contributed by atoms with Crippen LogP contribution < -0.4 is 15.5 Å². The van der Waals surface area contributed by atoms with Gasteiger partial charge in [0.05, 0.1) is 17.2 Å². The number of carbonyl (C=O) groups is 4. The maximum Gasteiger partial charge on any atom is 0.408 e. The first-order valence-corrected chi connectivity index (χ1v) is 20.0. The summed E-state index contributed by atoms with van der Waals surface area (Å²) in [6.07, 6.45) is 2.76. The van der Waals surface area contributed by atoms with Gasteiger partial charge in [0, 0.05) is 85.6 Å². The number of nitrogens with zero attached hydrogens (tertiary/aromatic N) is 3. The average molecular weight is 769 g/mol. The monoisotopic (exact) mass is 768 g/mol. The summed E-state index contributed by atoms with van der Waals surface area (Å²) in [6.45, 7) is 21.6. The van der Waals surface area contributed by atoms with Gasteiger partial charge in [-0.05, 0) is 87.3 Å². The third-order valence-electron chi connectivity index (χ3n) is 10.8. The summed E-state index contributed by atoms with van der Waals surface area (Å²) in [4.78, 5) is 60.1. The number of aromatic amines is 1. The number of amides is 3. The number of nitriles is 1. The number of ether oxygens (including phenoxy) is 2. The number of carbonyl (C=O) groups excluding carboxylic acids is 4. The van der Waals surface area contributed by atoms with Crippen LogP contribution in [-0.4, -0.2) is 91.2 Å². The molecule has 1 saturated heterocycles. The summed E-state index contributed by atoms with van der Waals surface area (Å²) in [5, 5.41) is 15.9. The number of aromatic nitrogens is 1. The number of nitrogens with one attached hydrogen (secondary N) is 3. The summed E-state index contributed by atoms with van der Waals surface area (Å²) < 4.78 is 11.1. The number of ketones is 1. The summed E-state index contributed by atoms with van der Waals surface area (Å²) in [7, 11) is 0.